The van der Waals surface area contributed by atoms with E-state index in [1.165, 1.54) is 4.90 Å². The first-order valence-corrected chi connectivity index (χ1v) is 8.24. The van der Waals surface area contributed by atoms with Gasteiger partial charge in [-0.05, 0) is 48.0 Å². The van der Waals surface area contributed by atoms with Gasteiger partial charge in [0, 0.05) is 5.92 Å². The fourth-order valence-electron chi connectivity index (χ4n) is 2.91. The highest BCUT2D eigenvalue weighted by Gasteiger charge is 2.55. The van der Waals surface area contributed by atoms with Crippen LogP contribution in [0.1, 0.15) is 48.0 Å². The van der Waals surface area contributed by atoms with E-state index in [0.717, 1.165) is 6.29 Å². The molecule has 2 aliphatic rings. The second-order valence-corrected chi connectivity index (χ2v) is 8.33. The second kappa shape index (κ2) is 6.35. The van der Waals surface area contributed by atoms with Crippen molar-refractivity contribution in [3.8, 4) is 0 Å². The summed E-state index contributed by atoms with van der Waals surface area (Å²) in [5.41, 5.74) is -1.38. The summed E-state index contributed by atoms with van der Waals surface area (Å²) in [5.74, 6) is -0.995. The van der Waals surface area contributed by atoms with Crippen molar-refractivity contribution in [2.45, 2.75) is 77.4 Å². The molecule has 1 amide bonds. The molecule has 2 unspecified atom stereocenters. The fraction of sp³-hybridized carbons (Fsp3) is 0.824. The van der Waals surface area contributed by atoms with E-state index in [-0.39, 0.29) is 12.5 Å². The molecule has 0 bridgehead atoms. The van der Waals surface area contributed by atoms with E-state index in [1.807, 2.05) is 0 Å². The number of carbonyl (C=O) groups is 3. The summed E-state index contributed by atoms with van der Waals surface area (Å²) in [5, 5.41) is 0. The predicted molar refractivity (Wildman–Crippen MR) is 85.4 cm³/mol. The van der Waals surface area contributed by atoms with Crippen LogP contribution in [0.5, 0.6) is 0 Å². The van der Waals surface area contributed by atoms with Gasteiger partial charge in [0.05, 0.1) is 12.6 Å². The van der Waals surface area contributed by atoms with Crippen LogP contribution in [0, 0.1) is 5.92 Å². The van der Waals surface area contributed by atoms with Crippen molar-refractivity contribution >= 4 is 18.3 Å². The zero-order chi connectivity index (χ0) is 18.3. The quantitative estimate of drug-likeness (QED) is 0.443. The minimum Gasteiger partial charge on any atom is -0.458 e. The molecule has 4 atom stereocenters. The fourth-order valence-corrected chi connectivity index (χ4v) is 2.91. The van der Waals surface area contributed by atoms with E-state index >= 15 is 0 Å². The number of likely N-dealkylation sites (tertiary alicyclic amines) is 1. The molecule has 0 aromatic carbocycles. The summed E-state index contributed by atoms with van der Waals surface area (Å²) >= 11 is 0. The van der Waals surface area contributed by atoms with Gasteiger partial charge in [0.25, 0.3) is 0 Å². The van der Waals surface area contributed by atoms with E-state index in [1.54, 1.807) is 41.5 Å². The van der Waals surface area contributed by atoms with Crippen molar-refractivity contribution in [1.29, 1.82) is 0 Å². The molecule has 136 valence electrons. The molecule has 0 N–H and O–H groups in total. The van der Waals surface area contributed by atoms with Gasteiger partial charge < -0.3 is 19.0 Å². The predicted octanol–water partition coefficient (Wildman–Crippen LogP) is 1.92. The maximum absolute atomic E-state index is 12.7. The molecule has 0 aromatic heterocycles. The Bertz CT molecular complexity index is 514. The van der Waals surface area contributed by atoms with Crippen LogP contribution in [0.25, 0.3) is 0 Å². The molecule has 0 aromatic rings. The summed E-state index contributed by atoms with van der Waals surface area (Å²) in [7, 11) is 0. The van der Waals surface area contributed by atoms with Crippen molar-refractivity contribution < 1.29 is 28.6 Å². The zero-order valence-electron chi connectivity index (χ0n) is 15.2. The SMILES string of the molecule is CC(C)(C)OC(=O)C1C[C@@H](C=O)[C@H](C2CO2)N1C(=O)OC(C)(C)C. The van der Waals surface area contributed by atoms with E-state index in [4.69, 9.17) is 14.2 Å². The number of ether oxygens (including phenoxy) is 3. The Morgan fingerprint density at radius 3 is 2.04 bits per heavy atom. The summed E-state index contributed by atoms with van der Waals surface area (Å²) in [4.78, 5) is 38.0. The zero-order valence-corrected chi connectivity index (χ0v) is 15.2. The topological polar surface area (TPSA) is 85.4 Å². The molecule has 0 radical (unpaired) electrons. The number of rotatable bonds is 3. The number of hydrogen-bond donors (Lipinski definition) is 0. The van der Waals surface area contributed by atoms with Crippen molar-refractivity contribution in [3.05, 3.63) is 0 Å². The Kier molecular flexibility index (Phi) is 4.95. The van der Waals surface area contributed by atoms with Crippen LogP contribution in [0.4, 0.5) is 4.79 Å². The number of amides is 1. The molecule has 7 heteroatoms. The third-order valence-electron chi connectivity index (χ3n) is 3.79. The Labute approximate surface area is 142 Å². The van der Waals surface area contributed by atoms with Gasteiger partial charge in [-0.1, -0.05) is 0 Å². The Balaban J connectivity index is 2.27. The van der Waals surface area contributed by atoms with Crippen LogP contribution < -0.4 is 0 Å². The first kappa shape index (κ1) is 18.7. The number of epoxide rings is 1. The highest BCUT2D eigenvalue weighted by atomic mass is 16.6. The highest BCUT2D eigenvalue weighted by molar-refractivity contribution is 5.84. The molecule has 2 heterocycles. The molecular formula is C17H27NO6. The van der Waals surface area contributed by atoms with Crippen molar-refractivity contribution in [2.24, 2.45) is 5.92 Å². The molecular weight excluding hydrogens is 314 g/mol. The summed E-state index contributed by atoms with van der Waals surface area (Å²) in [6.45, 7) is 11.0. The lowest BCUT2D eigenvalue weighted by atomic mass is 9.98. The summed E-state index contributed by atoms with van der Waals surface area (Å²) < 4.78 is 16.2. The third kappa shape index (κ3) is 4.47. The van der Waals surface area contributed by atoms with Crippen molar-refractivity contribution in [1.82, 2.24) is 4.90 Å². The van der Waals surface area contributed by atoms with Gasteiger partial charge in [-0.3, -0.25) is 4.90 Å². The van der Waals surface area contributed by atoms with Crippen LogP contribution in [-0.2, 0) is 23.8 Å². The number of carbonyl (C=O) groups excluding carboxylic acids is 3. The largest absolute Gasteiger partial charge is 0.458 e. The second-order valence-electron chi connectivity index (χ2n) is 8.33. The van der Waals surface area contributed by atoms with E-state index in [0.29, 0.717) is 6.61 Å². The third-order valence-corrected chi connectivity index (χ3v) is 3.79. The molecule has 2 rings (SSSR count). The maximum Gasteiger partial charge on any atom is 0.411 e. The monoisotopic (exact) mass is 341 g/mol. The van der Waals surface area contributed by atoms with Gasteiger partial charge in [-0.15, -0.1) is 0 Å². The molecule has 7 nitrogen and oxygen atoms in total. The smallest absolute Gasteiger partial charge is 0.411 e. The van der Waals surface area contributed by atoms with Crippen LogP contribution in [0.15, 0.2) is 0 Å². The van der Waals surface area contributed by atoms with Gasteiger partial charge in [-0.25, -0.2) is 9.59 Å². The van der Waals surface area contributed by atoms with Gasteiger partial charge in [0.1, 0.15) is 29.6 Å². The van der Waals surface area contributed by atoms with Gasteiger partial charge >= 0.3 is 12.1 Å². The first-order chi connectivity index (χ1) is 10.9. The van der Waals surface area contributed by atoms with Gasteiger partial charge in [0.2, 0.25) is 0 Å². The molecule has 0 saturated carbocycles. The highest BCUT2D eigenvalue weighted by Crippen LogP contribution is 2.38. The number of aldehydes is 1. The number of esters is 1. The Hall–Kier alpha value is -1.63. The van der Waals surface area contributed by atoms with E-state index in [2.05, 4.69) is 0 Å². The van der Waals surface area contributed by atoms with Gasteiger partial charge in [-0.2, -0.15) is 0 Å². The van der Waals surface area contributed by atoms with Crippen molar-refractivity contribution in [3.63, 3.8) is 0 Å². The molecule has 0 spiro atoms. The summed E-state index contributed by atoms with van der Waals surface area (Å²) in [6.07, 6.45) is 0.152. The lowest BCUT2D eigenvalue weighted by Crippen LogP contribution is -2.51. The molecule has 24 heavy (non-hydrogen) atoms. The van der Waals surface area contributed by atoms with Gasteiger partial charge in [0.15, 0.2) is 0 Å². The Morgan fingerprint density at radius 1 is 1.08 bits per heavy atom. The standard InChI is InChI=1S/C17H27NO6/c1-16(2,3)23-14(20)11-7-10(8-19)13(12-9-22-12)18(11)15(21)24-17(4,5)6/h8,10-13H,7,9H2,1-6H3/t10-,11?,12?,13+/m0/s1. The first-order valence-electron chi connectivity index (χ1n) is 8.24. The minimum absolute atomic E-state index is 0.224. The maximum atomic E-state index is 12.7. The van der Waals surface area contributed by atoms with Crippen molar-refractivity contribution in [2.75, 3.05) is 6.61 Å². The minimum atomic E-state index is -0.844. The van der Waals surface area contributed by atoms with E-state index in [9.17, 15) is 14.4 Å². The Morgan fingerprint density at radius 2 is 1.62 bits per heavy atom. The van der Waals surface area contributed by atoms with Crippen LogP contribution in [0.2, 0.25) is 0 Å². The number of nitrogens with zero attached hydrogens (tertiary/aromatic N) is 1. The average molecular weight is 341 g/mol. The molecule has 2 fully saturated rings. The molecule has 0 aliphatic carbocycles. The lowest BCUT2D eigenvalue weighted by molar-refractivity contribution is -0.160. The van der Waals surface area contributed by atoms with Crippen LogP contribution >= 0.6 is 0 Å². The van der Waals surface area contributed by atoms with Crippen LogP contribution in [0.3, 0.4) is 0 Å². The van der Waals surface area contributed by atoms with E-state index < -0.39 is 41.3 Å². The lowest BCUT2D eigenvalue weighted by Gasteiger charge is -2.32. The molecule has 2 saturated heterocycles. The normalized spacial score (nSPS) is 30.0. The molecule has 2 aliphatic heterocycles. The average Bonchev–Trinajstić information content (AvgIpc) is 3.13. The summed E-state index contributed by atoms with van der Waals surface area (Å²) in [6, 6.07) is -1.33. The van der Waals surface area contributed by atoms with Crippen LogP contribution in [-0.4, -0.2) is 59.2 Å². The number of hydrogen-bond acceptors (Lipinski definition) is 6.